The van der Waals surface area contributed by atoms with Gasteiger partial charge in [-0.1, -0.05) is 18.2 Å². The van der Waals surface area contributed by atoms with Gasteiger partial charge in [-0.25, -0.2) is 9.59 Å². The molecule has 0 radical (unpaired) electrons. The average Bonchev–Trinajstić information content (AvgIpc) is 3.40. The zero-order valence-electron chi connectivity index (χ0n) is 25.2. The molecule has 0 bridgehead atoms. The number of piperazine rings is 1. The van der Waals surface area contributed by atoms with Crippen molar-refractivity contribution in [2.24, 2.45) is 7.05 Å². The second-order valence-electron chi connectivity index (χ2n) is 10.3. The van der Waals surface area contributed by atoms with Gasteiger partial charge in [0.1, 0.15) is 16.9 Å². The second kappa shape index (κ2) is 15.8. The van der Waals surface area contributed by atoms with E-state index in [2.05, 4.69) is 16.8 Å². The quantitative estimate of drug-likeness (QED) is 0.382. The maximum atomic E-state index is 13.6. The fourth-order valence-electron chi connectivity index (χ4n) is 4.57. The van der Waals surface area contributed by atoms with Crippen molar-refractivity contribution in [1.82, 2.24) is 19.3 Å². The summed E-state index contributed by atoms with van der Waals surface area (Å²) < 4.78 is 77.6. The molecule has 1 amide bonds. The van der Waals surface area contributed by atoms with Gasteiger partial charge in [0.15, 0.2) is 5.75 Å². The molecule has 2 aromatic heterocycles. The van der Waals surface area contributed by atoms with Crippen LogP contribution in [-0.2, 0) is 21.4 Å². The summed E-state index contributed by atoms with van der Waals surface area (Å²) in [6.45, 7) is 7.37. The van der Waals surface area contributed by atoms with E-state index in [0.29, 0.717) is 35.7 Å². The van der Waals surface area contributed by atoms with Gasteiger partial charge >= 0.3 is 24.3 Å². The number of rotatable bonds is 5. The maximum Gasteiger partial charge on any atom is 0.490 e. The van der Waals surface area contributed by atoms with Gasteiger partial charge < -0.3 is 34.1 Å². The van der Waals surface area contributed by atoms with Gasteiger partial charge in [0.2, 0.25) is 0 Å². The van der Waals surface area contributed by atoms with Crippen LogP contribution in [0.25, 0.3) is 21.0 Å². The largest absolute Gasteiger partial charge is 0.490 e. The maximum absolute atomic E-state index is 13.6. The van der Waals surface area contributed by atoms with Crippen LogP contribution >= 0.6 is 11.3 Å². The van der Waals surface area contributed by atoms with E-state index in [0.717, 1.165) is 61.5 Å². The number of carbonyl (C=O) groups is 3. The number of halogens is 6. The third kappa shape index (κ3) is 9.78. The first-order valence-corrected chi connectivity index (χ1v) is 14.8. The Morgan fingerprint density at radius 1 is 0.894 bits per heavy atom. The Kier molecular flexibility index (Phi) is 12.6. The van der Waals surface area contributed by atoms with Crippen LogP contribution < -0.4 is 10.3 Å². The molecule has 0 saturated carbocycles. The summed E-state index contributed by atoms with van der Waals surface area (Å²) in [5.41, 5.74) is 0.730. The number of aromatic nitrogens is 1. The lowest BCUT2D eigenvalue weighted by atomic mass is 10.1. The lowest BCUT2D eigenvalue weighted by Gasteiger charge is -2.32. The summed E-state index contributed by atoms with van der Waals surface area (Å²) in [5, 5.41) is 15.7. The van der Waals surface area contributed by atoms with Crippen molar-refractivity contribution in [3.05, 3.63) is 39.5 Å². The molecule has 0 atom stereocenters. The third-order valence-electron chi connectivity index (χ3n) is 7.12. The Balaban J connectivity index is 0.000000360. The van der Waals surface area contributed by atoms with E-state index in [1.54, 1.807) is 11.6 Å². The van der Waals surface area contributed by atoms with Crippen LogP contribution in [0.15, 0.2) is 29.1 Å². The van der Waals surface area contributed by atoms with Crippen molar-refractivity contribution in [2.75, 3.05) is 72.7 Å². The molecule has 2 saturated heterocycles. The molecule has 12 nitrogen and oxygen atoms in total. The number of benzene rings is 1. The Hall–Kier alpha value is -3.94. The number of fused-ring (bicyclic) bond motifs is 3. The zero-order chi connectivity index (χ0) is 35.1. The number of likely N-dealkylation sites (N-methyl/N-ethyl adjacent to an activating group) is 1. The highest BCUT2D eigenvalue weighted by atomic mass is 32.1. The lowest BCUT2D eigenvalue weighted by Crippen LogP contribution is -2.47. The summed E-state index contributed by atoms with van der Waals surface area (Å²) in [6.07, 6.45) is -10.2. The monoisotopic (exact) mass is 698 g/mol. The number of pyridine rings is 1. The van der Waals surface area contributed by atoms with E-state index in [1.165, 1.54) is 11.3 Å². The van der Waals surface area contributed by atoms with Crippen LogP contribution in [0.5, 0.6) is 5.75 Å². The minimum absolute atomic E-state index is 0.0446. The van der Waals surface area contributed by atoms with Crippen LogP contribution in [0, 0.1) is 0 Å². The van der Waals surface area contributed by atoms with Gasteiger partial charge in [-0.2, -0.15) is 26.3 Å². The zero-order valence-corrected chi connectivity index (χ0v) is 26.0. The number of hydrogen-bond donors (Lipinski definition) is 2. The highest BCUT2D eigenvalue weighted by Crippen LogP contribution is 2.40. The number of ether oxygens (including phenoxy) is 2. The number of para-hydroxylation sites is 1. The number of amides is 1. The Morgan fingerprint density at radius 3 is 1.96 bits per heavy atom. The highest BCUT2D eigenvalue weighted by molar-refractivity contribution is 7.22. The van der Waals surface area contributed by atoms with Crippen LogP contribution in [0.1, 0.15) is 9.67 Å². The summed E-state index contributed by atoms with van der Waals surface area (Å²) in [7, 11) is 3.85. The Bertz CT molecular complexity index is 1600. The predicted octanol–water partition coefficient (Wildman–Crippen LogP) is 3.12. The van der Waals surface area contributed by atoms with Crippen LogP contribution in [0.3, 0.4) is 0 Å². The van der Waals surface area contributed by atoms with Crippen molar-refractivity contribution < 1.29 is 60.4 Å². The first-order chi connectivity index (χ1) is 21.9. The van der Waals surface area contributed by atoms with Gasteiger partial charge in [-0.3, -0.25) is 14.5 Å². The highest BCUT2D eigenvalue weighted by Gasteiger charge is 2.39. The van der Waals surface area contributed by atoms with E-state index in [1.807, 2.05) is 29.2 Å². The average molecular weight is 699 g/mol. The summed E-state index contributed by atoms with van der Waals surface area (Å²) in [6, 6.07) is 7.84. The molecular weight excluding hydrogens is 666 g/mol. The molecule has 5 rings (SSSR count). The molecule has 0 spiro atoms. The summed E-state index contributed by atoms with van der Waals surface area (Å²) in [5.74, 6) is -5.12. The van der Waals surface area contributed by atoms with Gasteiger partial charge in [0, 0.05) is 58.2 Å². The predicted molar refractivity (Wildman–Crippen MR) is 158 cm³/mol. The number of nitrogens with zero attached hydrogens (tertiary/aromatic N) is 4. The van der Waals surface area contributed by atoms with Crippen molar-refractivity contribution in [2.45, 2.75) is 12.4 Å². The molecule has 3 aromatic rings. The van der Waals surface area contributed by atoms with E-state index < -0.39 is 24.3 Å². The number of hydrogen-bond acceptors (Lipinski definition) is 9. The minimum Gasteiger partial charge on any atom is -0.490 e. The van der Waals surface area contributed by atoms with Crippen molar-refractivity contribution in [1.29, 1.82) is 0 Å². The molecule has 260 valence electrons. The number of carbonyl (C=O) groups excluding carboxylic acids is 1. The molecule has 47 heavy (non-hydrogen) atoms. The van der Waals surface area contributed by atoms with Crippen LogP contribution in [-0.4, -0.2) is 132 Å². The molecule has 19 heteroatoms. The van der Waals surface area contributed by atoms with Crippen molar-refractivity contribution >= 4 is 50.2 Å². The topological polar surface area (TPSA) is 142 Å². The summed E-state index contributed by atoms with van der Waals surface area (Å²) in [4.78, 5) is 51.7. The molecule has 0 aliphatic carbocycles. The first-order valence-electron chi connectivity index (χ1n) is 14.0. The number of alkyl halides is 6. The van der Waals surface area contributed by atoms with Gasteiger partial charge in [0.05, 0.1) is 23.4 Å². The number of aliphatic carboxylic acids is 2. The molecule has 0 unspecified atom stereocenters. The number of thiophene rings is 1. The van der Waals surface area contributed by atoms with Crippen LogP contribution in [0.2, 0.25) is 0 Å². The Labute approximate surface area is 267 Å². The summed E-state index contributed by atoms with van der Waals surface area (Å²) >= 11 is 1.39. The number of carboxylic acids is 2. The number of aryl methyl sites for hydroxylation is 1. The smallest absolute Gasteiger partial charge is 0.490 e. The second-order valence-corrected chi connectivity index (χ2v) is 11.4. The first kappa shape index (κ1) is 37.5. The fraction of sp³-hybridized carbons (Fsp3) is 0.500. The van der Waals surface area contributed by atoms with E-state index in [4.69, 9.17) is 29.3 Å². The van der Waals surface area contributed by atoms with Crippen LogP contribution in [0.4, 0.5) is 26.3 Å². The standard InChI is InChI=1S/C24H30N4O4S.2C2HF3O2/c1-25-7-9-28(10-8-25)24(30)22-20(32-16-13-27-11-14-31-15-12-27)19-21(33-22)17-5-3-4-6-18(17)26(2)23(19)29;2*3-2(4,5)1(6)7/h3-6H,7-16H2,1-2H3;2*(H,6,7). The molecule has 2 N–H and O–H groups in total. The van der Waals surface area contributed by atoms with E-state index in [-0.39, 0.29) is 11.5 Å². The lowest BCUT2D eigenvalue weighted by molar-refractivity contribution is -0.193. The molecular formula is C28H32F6N4O8S. The van der Waals surface area contributed by atoms with Crippen molar-refractivity contribution in [3.8, 4) is 5.75 Å². The van der Waals surface area contributed by atoms with Gasteiger partial charge in [0.25, 0.3) is 11.5 Å². The number of carboxylic acid groups (broad SMARTS) is 2. The fourth-order valence-corrected chi connectivity index (χ4v) is 5.81. The van der Waals surface area contributed by atoms with Gasteiger partial charge in [-0.05, 0) is 13.1 Å². The molecule has 4 heterocycles. The number of morpholine rings is 1. The molecule has 1 aromatic carbocycles. The van der Waals surface area contributed by atoms with E-state index >= 15 is 0 Å². The molecule has 2 fully saturated rings. The van der Waals surface area contributed by atoms with E-state index in [9.17, 15) is 35.9 Å². The molecule has 2 aliphatic rings. The third-order valence-corrected chi connectivity index (χ3v) is 8.31. The normalized spacial score (nSPS) is 16.2. The van der Waals surface area contributed by atoms with Gasteiger partial charge in [-0.15, -0.1) is 11.3 Å². The SMILES string of the molecule is CN1CCN(C(=O)c2sc3c(c2OCCN2CCOCC2)c(=O)n(C)c2ccccc32)CC1.O=C(O)C(F)(F)F.O=C(O)C(F)(F)F. The van der Waals surface area contributed by atoms with Crippen molar-refractivity contribution in [3.63, 3.8) is 0 Å². The molecule has 2 aliphatic heterocycles. The Morgan fingerprint density at radius 2 is 1.43 bits per heavy atom. The minimum atomic E-state index is -5.08.